The molecule has 1 aliphatic carbocycles. The molecule has 10 nitrogen and oxygen atoms in total. The molecule has 3 heterocycles. The van der Waals surface area contributed by atoms with E-state index in [2.05, 4.69) is 32.2 Å². The van der Waals surface area contributed by atoms with Crippen molar-refractivity contribution in [1.29, 1.82) is 0 Å². The summed E-state index contributed by atoms with van der Waals surface area (Å²) in [6, 6.07) is 10.6. The Morgan fingerprint density at radius 1 is 1.21 bits per heavy atom. The summed E-state index contributed by atoms with van der Waals surface area (Å²) in [4.78, 5) is 38.5. The monoisotopic (exact) mass is 457 g/mol. The molecule has 1 fully saturated rings. The van der Waals surface area contributed by atoms with E-state index >= 15 is 0 Å². The van der Waals surface area contributed by atoms with E-state index in [4.69, 9.17) is 4.74 Å². The molecule has 0 aliphatic heterocycles. The first-order chi connectivity index (χ1) is 16.6. The topological polar surface area (TPSA) is 116 Å². The van der Waals surface area contributed by atoms with E-state index in [9.17, 15) is 9.59 Å². The van der Waals surface area contributed by atoms with Crippen molar-refractivity contribution in [3.63, 3.8) is 0 Å². The van der Waals surface area contributed by atoms with Gasteiger partial charge in [0.1, 0.15) is 5.52 Å². The third-order valence-electron chi connectivity index (χ3n) is 5.57. The second-order valence-corrected chi connectivity index (χ2v) is 8.03. The quantitative estimate of drug-likeness (QED) is 0.390. The summed E-state index contributed by atoms with van der Waals surface area (Å²) in [5.41, 5.74) is 2.73. The number of carbonyl (C=O) groups is 1. The van der Waals surface area contributed by atoms with Crippen molar-refractivity contribution in [2.45, 2.75) is 19.4 Å². The Morgan fingerprint density at radius 3 is 2.76 bits per heavy atom. The van der Waals surface area contributed by atoms with Crippen LogP contribution in [0.1, 0.15) is 12.8 Å². The Hall–Kier alpha value is -4.47. The largest absolute Gasteiger partial charge is 0.481 e. The molecular formula is C24H23N7O3. The molecule has 172 valence electrons. The molecule has 4 aromatic rings. The predicted molar refractivity (Wildman–Crippen MR) is 129 cm³/mol. The number of aromatic nitrogens is 5. The maximum atomic E-state index is 13.5. The maximum Gasteiger partial charge on any atom is 0.335 e. The van der Waals surface area contributed by atoms with Gasteiger partial charge in [-0.3, -0.25) is 9.36 Å². The molecule has 2 N–H and O–H groups in total. The highest BCUT2D eigenvalue weighted by Gasteiger charge is 2.26. The van der Waals surface area contributed by atoms with E-state index in [1.807, 2.05) is 0 Å². The number of rotatable bonds is 8. The van der Waals surface area contributed by atoms with Crippen molar-refractivity contribution in [1.82, 2.24) is 24.1 Å². The molecule has 1 saturated carbocycles. The van der Waals surface area contributed by atoms with Gasteiger partial charge in [-0.05, 0) is 49.1 Å². The van der Waals surface area contributed by atoms with Gasteiger partial charge in [-0.1, -0.05) is 12.6 Å². The SMILES string of the molecule is C=CC(=O)Nc1cccc(-n2c(=O)n(CC3CC3)c3cnc(Nc4ccc(OC)nc4)nc32)c1. The number of amides is 1. The number of imidazole rings is 1. The summed E-state index contributed by atoms with van der Waals surface area (Å²) in [7, 11) is 1.55. The molecule has 3 aromatic heterocycles. The molecule has 5 rings (SSSR count). The molecule has 0 bridgehead atoms. The van der Waals surface area contributed by atoms with E-state index in [-0.39, 0.29) is 11.6 Å². The summed E-state index contributed by atoms with van der Waals surface area (Å²) >= 11 is 0. The summed E-state index contributed by atoms with van der Waals surface area (Å²) in [5, 5.41) is 5.85. The van der Waals surface area contributed by atoms with E-state index in [0.717, 1.165) is 12.8 Å². The lowest BCUT2D eigenvalue weighted by molar-refractivity contribution is -0.111. The number of nitrogens with zero attached hydrogens (tertiary/aromatic N) is 5. The van der Waals surface area contributed by atoms with Crippen LogP contribution in [0.2, 0.25) is 0 Å². The number of pyridine rings is 1. The van der Waals surface area contributed by atoms with Crippen molar-refractivity contribution in [3.05, 3.63) is 71.9 Å². The highest BCUT2D eigenvalue weighted by molar-refractivity contribution is 5.99. The highest BCUT2D eigenvalue weighted by Crippen LogP contribution is 2.31. The van der Waals surface area contributed by atoms with Crippen LogP contribution in [0.3, 0.4) is 0 Å². The Bertz CT molecular complexity index is 1440. The van der Waals surface area contributed by atoms with Crippen molar-refractivity contribution < 1.29 is 9.53 Å². The zero-order valence-electron chi connectivity index (χ0n) is 18.6. The van der Waals surface area contributed by atoms with Gasteiger partial charge >= 0.3 is 5.69 Å². The van der Waals surface area contributed by atoms with Gasteiger partial charge in [-0.2, -0.15) is 4.98 Å². The minimum Gasteiger partial charge on any atom is -0.481 e. The lowest BCUT2D eigenvalue weighted by Crippen LogP contribution is -2.24. The maximum absolute atomic E-state index is 13.5. The number of benzene rings is 1. The van der Waals surface area contributed by atoms with Gasteiger partial charge in [0.15, 0.2) is 5.65 Å². The molecule has 0 saturated heterocycles. The minimum atomic E-state index is -0.331. The van der Waals surface area contributed by atoms with Crippen LogP contribution in [0, 0.1) is 5.92 Å². The molecule has 34 heavy (non-hydrogen) atoms. The fraction of sp³-hybridized carbons (Fsp3) is 0.208. The van der Waals surface area contributed by atoms with E-state index in [1.165, 1.54) is 6.08 Å². The van der Waals surface area contributed by atoms with Gasteiger partial charge in [0.25, 0.3) is 0 Å². The van der Waals surface area contributed by atoms with Gasteiger partial charge in [0.2, 0.25) is 17.7 Å². The van der Waals surface area contributed by atoms with Crippen LogP contribution in [0.15, 0.2) is 66.2 Å². The van der Waals surface area contributed by atoms with Crippen LogP contribution in [-0.2, 0) is 11.3 Å². The first-order valence-corrected chi connectivity index (χ1v) is 10.8. The van der Waals surface area contributed by atoms with Crippen molar-refractivity contribution in [2.24, 2.45) is 5.92 Å². The molecule has 0 radical (unpaired) electrons. The number of nitrogens with one attached hydrogen (secondary N) is 2. The lowest BCUT2D eigenvalue weighted by atomic mass is 10.2. The normalized spacial score (nSPS) is 13.0. The second-order valence-electron chi connectivity index (χ2n) is 8.03. The van der Waals surface area contributed by atoms with E-state index in [1.54, 1.807) is 65.0 Å². The molecular weight excluding hydrogens is 434 g/mol. The third kappa shape index (κ3) is 4.25. The van der Waals surface area contributed by atoms with Crippen LogP contribution < -0.4 is 21.1 Å². The van der Waals surface area contributed by atoms with Crippen LogP contribution in [0.25, 0.3) is 16.9 Å². The fourth-order valence-electron chi connectivity index (χ4n) is 3.68. The fourth-order valence-corrected chi connectivity index (χ4v) is 3.68. The lowest BCUT2D eigenvalue weighted by Gasteiger charge is -2.08. The average Bonchev–Trinajstić information content (AvgIpc) is 3.63. The smallest absolute Gasteiger partial charge is 0.335 e. The van der Waals surface area contributed by atoms with Crippen LogP contribution >= 0.6 is 0 Å². The third-order valence-corrected chi connectivity index (χ3v) is 5.57. The Balaban J connectivity index is 1.59. The zero-order chi connectivity index (χ0) is 23.7. The summed E-state index contributed by atoms with van der Waals surface area (Å²) < 4.78 is 8.36. The van der Waals surface area contributed by atoms with Gasteiger partial charge in [0.05, 0.1) is 30.9 Å². The number of hydrogen-bond acceptors (Lipinski definition) is 7. The van der Waals surface area contributed by atoms with Gasteiger partial charge in [-0.25, -0.2) is 19.3 Å². The molecule has 10 heteroatoms. The first-order valence-electron chi connectivity index (χ1n) is 10.8. The number of carbonyl (C=O) groups excluding carboxylic acids is 1. The Morgan fingerprint density at radius 2 is 2.06 bits per heavy atom. The minimum absolute atomic E-state index is 0.202. The summed E-state index contributed by atoms with van der Waals surface area (Å²) in [6.45, 7) is 4.10. The second kappa shape index (κ2) is 8.81. The molecule has 0 spiro atoms. The van der Waals surface area contributed by atoms with E-state index < -0.39 is 0 Å². The molecule has 1 amide bonds. The van der Waals surface area contributed by atoms with Crippen LogP contribution in [-0.4, -0.2) is 37.1 Å². The van der Waals surface area contributed by atoms with Gasteiger partial charge in [0, 0.05) is 18.3 Å². The number of anilines is 3. The van der Waals surface area contributed by atoms with Gasteiger partial charge in [-0.15, -0.1) is 0 Å². The molecule has 1 aromatic carbocycles. The molecule has 1 aliphatic rings. The molecule has 0 atom stereocenters. The molecule has 0 unspecified atom stereocenters. The van der Waals surface area contributed by atoms with Crippen molar-refractivity contribution >= 4 is 34.4 Å². The van der Waals surface area contributed by atoms with Crippen molar-refractivity contribution in [2.75, 3.05) is 17.7 Å². The number of hydrogen-bond donors (Lipinski definition) is 2. The Kier molecular flexibility index (Phi) is 5.54. The van der Waals surface area contributed by atoms with Crippen LogP contribution in [0.5, 0.6) is 5.88 Å². The van der Waals surface area contributed by atoms with E-state index in [0.29, 0.717) is 52.5 Å². The highest BCUT2D eigenvalue weighted by atomic mass is 16.5. The standard InChI is InChI=1S/C24H23N7O3/c1-3-20(32)27-16-5-4-6-18(11-16)31-22-19(30(24(31)33)14-15-7-8-15)13-26-23(29-22)28-17-9-10-21(34-2)25-12-17/h3-6,9-13,15H,1,7-8,14H2,2H3,(H,27,32)(H,26,28,29). The van der Waals surface area contributed by atoms with Crippen LogP contribution in [0.4, 0.5) is 17.3 Å². The zero-order valence-corrected chi connectivity index (χ0v) is 18.6. The summed E-state index contributed by atoms with van der Waals surface area (Å²) in [5.74, 6) is 0.977. The average molecular weight is 457 g/mol. The number of ether oxygens (including phenoxy) is 1. The first kappa shape index (κ1) is 21.4. The Labute approximate surface area is 194 Å². The number of methoxy groups -OCH3 is 1. The van der Waals surface area contributed by atoms with Gasteiger partial charge < -0.3 is 15.4 Å². The number of fused-ring (bicyclic) bond motifs is 1. The predicted octanol–water partition coefficient (Wildman–Crippen LogP) is 3.26. The van der Waals surface area contributed by atoms with Crippen molar-refractivity contribution in [3.8, 4) is 11.6 Å². The summed E-state index contributed by atoms with van der Waals surface area (Å²) in [6.07, 6.45) is 6.68.